The van der Waals surface area contributed by atoms with Gasteiger partial charge in [-0.05, 0) is 77.7 Å². The lowest BCUT2D eigenvalue weighted by Crippen LogP contribution is -2.25. The zero-order valence-corrected chi connectivity index (χ0v) is 21.0. The Morgan fingerprint density at radius 1 is 0.816 bits per heavy atom. The first-order chi connectivity index (χ1) is 18.4. The zero-order chi connectivity index (χ0) is 26.6. The molecule has 1 heterocycles. The van der Waals surface area contributed by atoms with E-state index in [2.05, 4.69) is 16.0 Å². The van der Waals surface area contributed by atoms with Gasteiger partial charge >= 0.3 is 0 Å². The summed E-state index contributed by atoms with van der Waals surface area (Å²) in [6, 6.07) is 23.4. The largest absolute Gasteiger partial charge is 0.504 e. The predicted molar refractivity (Wildman–Crippen MR) is 147 cm³/mol. The van der Waals surface area contributed by atoms with E-state index in [4.69, 9.17) is 9.47 Å². The molecule has 1 aliphatic heterocycles. The van der Waals surface area contributed by atoms with Gasteiger partial charge in [0, 0.05) is 12.1 Å². The van der Waals surface area contributed by atoms with Gasteiger partial charge in [-0.15, -0.1) is 0 Å². The van der Waals surface area contributed by atoms with Crippen LogP contribution in [0.3, 0.4) is 0 Å². The highest BCUT2D eigenvalue weighted by atomic mass is 16.5. The van der Waals surface area contributed by atoms with Gasteiger partial charge < -0.3 is 30.5 Å². The first-order valence-electron chi connectivity index (χ1n) is 12.1. The molecule has 8 nitrogen and oxygen atoms in total. The summed E-state index contributed by atoms with van der Waals surface area (Å²) in [4.78, 5) is 25.8. The fraction of sp³-hybridized carbons (Fsp3) is 0.133. The number of hydrogen-bond donors (Lipinski definition) is 4. The Balaban J connectivity index is 1.31. The van der Waals surface area contributed by atoms with Crippen LogP contribution in [0, 0.1) is 0 Å². The molecule has 0 atom stereocenters. The van der Waals surface area contributed by atoms with Crippen LogP contribution in [0.5, 0.6) is 17.2 Å². The normalized spacial score (nSPS) is 11.8. The summed E-state index contributed by atoms with van der Waals surface area (Å²) in [6.07, 6.45) is 0.684. The van der Waals surface area contributed by atoms with Crippen molar-refractivity contribution < 1.29 is 24.2 Å². The summed E-state index contributed by atoms with van der Waals surface area (Å²) in [6.45, 7) is 0.475. The van der Waals surface area contributed by atoms with Gasteiger partial charge in [-0.1, -0.05) is 24.3 Å². The van der Waals surface area contributed by atoms with E-state index in [-0.39, 0.29) is 17.6 Å². The lowest BCUT2D eigenvalue weighted by Gasteiger charge is -2.12. The second-order valence-corrected chi connectivity index (χ2v) is 8.84. The van der Waals surface area contributed by atoms with Gasteiger partial charge in [0.2, 0.25) is 0 Å². The molecule has 0 unspecified atom stereocenters. The summed E-state index contributed by atoms with van der Waals surface area (Å²) < 4.78 is 10.4. The molecule has 8 heteroatoms. The van der Waals surface area contributed by atoms with Crippen LogP contribution in [0.1, 0.15) is 26.3 Å². The van der Waals surface area contributed by atoms with Gasteiger partial charge in [0.05, 0.1) is 36.8 Å². The van der Waals surface area contributed by atoms with Crippen LogP contribution in [0.4, 0.5) is 17.1 Å². The van der Waals surface area contributed by atoms with Crippen LogP contribution in [0.2, 0.25) is 0 Å². The standard InChI is InChI=1S/C30H27N3O5/c1-37-22-8-3-18(4-9-22)13-14-31-29(35)21-6-11-24-26(16-21)33-30(36)23-10-5-19(15-25(23)32-24)20-7-12-27(34)28(17-20)38-2/h3-12,15-17,32,34H,13-14H2,1-2H3,(H,31,35)(H,33,36). The van der Waals surface area contributed by atoms with Gasteiger partial charge in [0.1, 0.15) is 5.75 Å². The lowest BCUT2D eigenvalue weighted by atomic mass is 10.0. The van der Waals surface area contributed by atoms with E-state index >= 15 is 0 Å². The lowest BCUT2D eigenvalue weighted by molar-refractivity contribution is 0.0952. The van der Waals surface area contributed by atoms with Crippen molar-refractivity contribution in [2.24, 2.45) is 0 Å². The molecule has 0 saturated carbocycles. The Morgan fingerprint density at radius 3 is 2.34 bits per heavy atom. The first kappa shape index (κ1) is 24.7. The Labute approximate surface area is 220 Å². The minimum atomic E-state index is -0.279. The number of hydrogen-bond acceptors (Lipinski definition) is 6. The SMILES string of the molecule is COc1ccc(CCNC(=O)c2ccc3c(c2)NC(=O)c2ccc(-c4ccc(O)c(OC)c4)cc2N3)cc1. The van der Waals surface area contributed by atoms with E-state index < -0.39 is 0 Å². The monoisotopic (exact) mass is 509 g/mol. The van der Waals surface area contributed by atoms with Crippen LogP contribution in [-0.2, 0) is 6.42 Å². The molecule has 4 aromatic rings. The average molecular weight is 510 g/mol. The van der Waals surface area contributed by atoms with E-state index in [0.717, 1.165) is 22.4 Å². The minimum Gasteiger partial charge on any atom is -0.504 e. The highest BCUT2D eigenvalue weighted by Gasteiger charge is 2.21. The number of nitrogens with one attached hydrogen (secondary N) is 3. The number of carbonyl (C=O) groups is 2. The topological polar surface area (TPSA) is 109 Å². The smallest absolute Gasteiger partial charge is 0.257 e. The van der Waals surface area contributed by atoms with Crippen LogP contribution in [0.25, 0.3) is 11.1 Å². The number of benzene rings is 4. The molecule has 0 radical (unpaired) electrons. The van der Waals surface area contributed by atoms with Gasteiger partial charge in [0.25, 0.3) is 11.8 Å². The van der Waals surface area contributed by atoms with Crippen LogP contribution in [0.15, 0.2) is 78.9 Å². The van der Waals surface area contributed by atoms with Gasteiger partial charge in [-0.3, -0.25) is 9.59 Å². The summed E-state index contributed by atoms with van der Waals surface area (Å²) in [5.74, 6) is 0.706. The number of phenols is 1. The van der Waals surface area contributed by atoms with E-state index in [0.29, 0.717) is 46.9 Å². The van der Waals surface area contributed by atoms with E-state index in [1.807, 2.05) is 36.4 Å². The van der Waals surface area contributed by atoms with Crippen molar-refractivity contribution >= 4 is 28.9 Å². The van der Waals surface area contributed by atoms with Gasteiger partial charge in [-0.25, -0.2) is 0 Å². The summed E-state index contributed by atoms with van der Waals surface area (Å²) in [5.41, 5.74) is 5.50. The van der Waals surface area contributed by atoms with Crippen LogP contribution >= 0.6 is 0 Å². The number of amides is 2. The highest BCUT2D eigenvalue weighted by Crippen LogP contribution is 2.37. The number of methoxy groups -OCH3 is 2. The van der Waals surface area contributed by atoms with Crippen molar-refractivity contribution in [3.05, 3.63) is 95.6 Å². The van der Waals surface area contributed by atoms with Crippen molar-refractivity contribution in [1.82, 2.24) is 5.32 Å². The first-order valence-corrected chi connectivity index (χ1v) is 12.1. The predicted octanol–water partition coefficient (Wildman–Crippen LogP) is 5.36. The molecule has 0 aromatic heterocycles. The molecular formula is C30H27N3O5. The van der Waals surface area contributed by atoms with Crippen molar-refractivity contribution in [3.8, 4) is 28.4 Å². The van der Waals surface area contributed by atoms with Crippen molar-refractivity contribution in [1.29, 1.82) is 0 Å². The second-order valence-electron chi connectivity index (χ2n) is 8.84. The number of carbonyl (C=O) groups excluding carboxylic acids is 2. The minimum absolute atomic E-state index is 0.0537. The number of aromatic hydroxyl groups is 1. The van der Waals surface area contributed by atoms with Crippen molar-refractivity contribution in [2.45, 2.75) is 6.42 Å². The molecule has 2 amide bonds. The maximum Gasteiger partial charge on any atom is 0.257 e. The number of phenolic OH excluding ortho intramolecular Hbond substituents is 1. The van der Waals surface area contributed by atoms with E-state index in [1.165, 1.54) is 7.11 Å². The third-order valence-electron chi connectivity index (χ3n) is 6.43. The molecule has 1 aliphatic rings. The molecule has 0 bridgehead atoms. The Bertz CT molecular complexity index is 1520. The maximum atomic E-state index is 13.0. The quantitative estimate of drug-likeness (QED) is 0.267. The zero-order valence-electron chi connectivity index (χ0n) is 21.0. The molecule has 0 fully saturated rings. The Hall–Kier alpha value is -4.98. The molecule has 5 rings (SSSR count). The third-order valence-corrected chi connectivity index (χ3v) is 6.43. The molecule has 192 valence electrons. The number of anilines is 3. The second kappa shape index (κ2) is 10.6. The highest BCUT2D eigenvalue weighted by molar-refractivity contribution is 6.13. The molecule has 38 heavy (non-hydrogen) atoms. The summed E-state index contributed by atoms with van der Waals surface area (Å²) in [5, 5.41) is 19.1. The Morgan fingerprint density at radius 2 is 1.58 bits per heavy atom. The molecular weight excluding hydrogens is 482 g/mol. The summed E-state index contributed by atoms with van der Waals surface area (Å²) in [7, 11) is 3.12. The number of rotatable bonds is 7. The third kappa shape index (κ3) is 5.10. The fourth-order valence-corrected chi connectivity index (χ4v) is 4.33. The Kier molecular flexibility index (Phi) is 6.86. The fourth-order valence-electron chi connectivity index (χ4n) is 4.33. The molecule has 4 aromatic carbocycles. The van der Waals surface area contributed by atoms with Crippen molar-refractivity contribution in [3.63, 3.8) is 0 Å². The molecule has 4 N–H and O–H groups in total. The van der Waals surface area contributed by atoms with Crippen LogP contribution < -0.4 is 25.4 Å². The van der Waals surface area contributed by atoms with E-state index in [9.17, 15) is 14.7 Å². The maximum absolute atomic E-state index is 13.0. The van der Waals surface area contributed by atoms with Gasteiger partial charge in [0.15, 0.2) is 11.5 Å². The van der Waals surface area contributed by atoms with Crippen molar-refractivity contribution in [2.75, 3.05) is 31.4 Å². The van der Waals surface area contributed by atoms with E-state index in [1.54, 1.807) is 49.6 Å². The number of fused-ring (bicyclic) bond motifs is 2. The summed E-state index contributed by atoms with van der Waals surface area (Å²) >= 11 is 0. The van der Waals surface area contributed by atoms with Crippen LogP contribution in [-0.4, -0.2) is 37.7 Å². The molecule has 0 aliphatic carbocycles. The average Bonchev–Trinajstić information content (AvgIpc) is 3.08. The molecule has 0 saturated heterocycles. The van der Waals surface area contributed by atoms with Gasteiger partial charge in [-0.2, -0.15) is 0 Å². The molecule has 0 spiro atoms. The number of ether oxygens (including phenoxy) is 2.